The quantitative estimate of drug-likeness (QED) is 0.799. The van der Waals surface area contributed by atoms with Gasteiger partial charge >= 0.3 is 5.97 Å². The number of aliphatic carboxylic acids is 1. The first kappa shape index (κ1) is 18.2. The van der Waals surface area contributed by atoms with Gasteiger partial charge in [0.15, 0.2) is 5.78 Å². The predicted molar refractivity (Wildman–Crippen MR) is 98.4 cm³/mol. The number of fused-ring (bicyclic) bond motifs is 5. The van der Waals surface area contributed by atoms with E-state index in [1.165, 1.54) is 18.4 Å². The zero-order valence-corrected chi connectivity index (χ0v) is 15.8. The van der Waals surface area contributed by atoms with Crippen LogP contribution in [0, 0.1) is 41.4 Å². The minimum atomic E-state index is -0.714. The Morgan fingerprint density at radius 1 is 1.15 bits per heavy atom. The van der Waals surface area contributed by atoms with Gasteiger partial charge in [-0.25, -0.2) is 0 Å². The number of carboxylic acid groups (broad SMARTS) is 1. The summed E-state index contributed by atoms with van der Waals surface area (Å²) in [4.78, 5) is 22.7. The van der Waals surface area contributed by atoms with E-state index < -0.39 is 5.97 Å². The largest absolute Gasteiger partial charge is 0.481 e. The lowest BCUT2D eigenvalue weighted by Gasteiger charge is -2.51. The van der Waals surface area contributed by atoms with E-state index in [9.17, 15) is 14.7 Å². The fourth-order valence-electron chi connectivity index (χ4n) is 7.15. The van der Waals surface area contributed by atoms with Gasteiger partial charge < -0.3 is 10.2 Å². The van der Waals surface area contributed by atoms with Crippen molar-refractivity contribution in [3.63, 3.8) is 0 Å². The molecule has 4 heteroatoms. The summed E-state index contributed by atoms with van der Waals surface area (Å²) in [6.45, 7) is 2.18. The molecule has 8 atom stereocenters. The third kappa shape index (κ3) is 3.15. The van der Waals surface area contributed by atoms with E-state index in [0.717, 1.165) is 32.1 Å². The van der Waals surface area contributed by atoms with Gasteiger partial charge in [0, 0.05) is 12.8 Å². The number of hydrogen-bond donors (Lipinski definition) is 2. The molecule has 0 radical (unpaired) electrons. The number of carbonyl (C=O) groups is 2. The molecule has 4 aliphatic carbocycles. The van der Waals surface area contributed by atoms with Crippen LogP contribution in [0.4, 0.5) is 0 Å². The minimum absolute atomic E-state index is 0.238. The molecule has 0 bridgehead atoms. The zero-order valence-electron chi connectivity index (χ0n) is 15.8. The number of aliphatic hydroxyl groups excluding tert-OH is 1. The van der Waals surface area contributed by atoms with E-state index in [1.54, 1.807) is 0 Å². The molecule has 0 aromatic rings. The number of aliphatic hydroxyl groups is 1. The Hall–Kier alpha value is -1.16. The average Bonchev–Trinajstić information content (AvgIpc) is 3.05. The van der Waals surface area contributed by atoms with Crippen molar-refractivity contribution in [2.45, 2.75) is 70.8 Å². The van der Waals surface area contributed by atoms with E-state index >= 15 is 0 Å². The maximum atomic E-state index is 11.8. The molecule has 0 saturated heterocycles. The average molecular weight is 360 g/mol. The Morgan fingerprint density at radius 3 is 2.73 bits per heavy atom. The van der Waals surface area contributed by atoms with Crippen LogP contribution in [-0.2, 0) is 9.59 Å². The highest BCUT2D eigenvalue weighted by atomic mass is 16.4. The fourth-order valence-corrected chi connectivity index (χ4v) is 7.15. The summed E-state index contributed by atoms with van der Waals surface area (Å²) in [5.74, 6) is 3.13. The number of ketones is 1. The summed E-state index contributed by atoms with van der Waals surface area (Å²) < 4.78 is 0. The van der Waals surface area contributed by atoms with Crippen molar-refractivity contribution in [1.29, 1.82) is 0 Å². The van der Waals surface area contributed by atoms with Gasteiger partial charge in [-0.3, -0.25) is 9.59 Å². The van der Waals surface area contributed by atoms with E-state index in [1.807, 2.05) is 6.08 Å². The monoisotopic (exact) mass is 360 g/mol. The van der Waals surface area contributed by atoms with Gasteiger partial charge in [0.2, 0.25) is 0 Å². The van der Waals surface area contributed by atoms with Crippen LogP contribution in [0.5, 0.6) is 0 Å². The van der Waals surface area contributed by atoms with Crippen LogP contribution in [0.25, 0.3) is 0 Å². The molecule has 0 aromatic heterocycles. The molecule has 3 fully saturated rings. The van der Waals surface area contributed by atoms with Gasteiger partial charge in [-0.15, -0.1) is 0 Å². The van der Waals surface area contributed by atoms with E-state index in [2.05, 4.69) is 6.92 Å². The van der Waals surface area contributed by atoms with Crippen molar-refractivity contribution in [2.24, 2.45) is 41.4 Å². The molecule has 4 nitrogen and oxygen atoms in total. The summed E-state index contributed by atoms with van der Waals surface area (Å²) in [5, 5.41) is 20.0. The van der Waals surface area contributed by atoms with Crippen LogP contribution in [0.3, 0.4) is 0 Å². The van der Waals surface area contributed by atoms with Gasteiger partial charge in [0.1, 0.15) is 0 Å². The number of carbonyl (C=O) groups excluding carboxylic acids is 1. The first-order chi connectivity index (χ1) is 12.5. The molecular formula is C22H32O4. The van der Waals surface area contributed by atoms with Crippen molar-refractivity contribution in [3.8, 4) is 0 Å². The molecule has 144 valence electrons. The number of carboxylic acids is 1. The van der Waals surface area contributed by atoms with Crippen LogP contribution in [-0.4, -0.2) is 28.1 Å². The summed E-state index contributed by atoms with van der Waals surface area (Å²) in [7, 11) is 0. The molecule has 0 heterocycles. The summed E-state index contributed by atoms with van der Waals surface area (Å²) >= 11 is 0. The van der Waals surface area contributed by atoms with E-state index in [0.29, 0.717) is 47.8 Å². The molecule has 0 amide bonds. The Balaban J connectivity index is 1.50. The molecule has 4 aliphatic rings. The molecule has 8 unspecified atom stereocenters. The molecule has 0 aliphatic heterocycles. The standard InChI is InChI=1S/C22H32O4/c1-12(2-9-21(25)26)15-7-8-18-17-5-3-13-10-14(23)4-6-16(13)19(17)11-20(24)22(15)18/h10,12,15-20,22,24H,2-9,11H2,1H3,(H,25,26). The van der Waals surface area contributed by atoms with Crippen LogP contribution in [0.1, 0.15) is 64.7 Å². The molecule has 0 aromatic carbocycles. The van der Waals surface area contributed by atoms with Gasteiger partial charge in [-0.05, 0) is 92.4 Å². The SMILES string of the molecule is CC(CCC(=O)O)C1CCC2C3CCC4=CC(=O)CCC4C3CC(O)C12. The van der Waals surface area contributed by atoms with Gasteiger partial charge in [0.25, 0.3) is 0 Å². The second-order valence-electron chi connectivity index (χ2n) is 9.39. The molecule has 4 rings (SSSR count). The van der Waals surface area contributed by atoms with Gasteiger partial charge in [0.05, 0.1) is 6.10 Å². The Bertz CT molecular complexity index is 609. The molecule has 2 N–H and O–H groups in total. The topological polar surface area (TPSA) is 74.6 Å². The van der Waals surface area contributed by atoms with Crippen LogP contribution >= 0.6 is 0 Å². The highest BCUT2D eigenvalue weighted by Crippen LogP contribution is 2.59. The maximum Gasteiger partial charge on any atom is 0.303 e. The number of rotatable bonds is 4. The second-order valence-corrected chi connectivity index (χ2v) is 9.39. The van der Waals surface area contributed by atoms with Crippen molar-refractivity contribution in [2.75, 3.05) is 0 Å². The Morgan fingerprint density at radius 2 is 1.96 bits per heavy atom. The molecule has 26 heavy (non-hydrogen) atoms. The molecular weight excluding hydrogens is 328 g/mol. The molecule has 0 spiro atoms. The van der Waals surface area contributed by atoms with Crippen molar-refractivity contribution < 1.29 is 19.8 Å². The lowest BCUT2D eigenvalue weighted by atomic mass is 9.54. The van der Waals surface area contributed by atoms with Crippen molar-refractivity contribution in [3.05, 3.63) is 11.6 Å². The zero-order chi connectivity index (χ0) is 18.4. The third-order valence-electron chi connectivity index (χ3n) is 8.23. The van der Waals surface area contributed by atoms with Gasteiger partial charge in [-0.1, -0.05) is 12.5 Å². The summed E-state index contributed by atoms with van der Waals surface area (Å²) in [6.07, 6.45) is 9.73. The third-order valence-corrected chi connectivity index (χ3v) is 8.23. The highest BCUT2D eigenvalue weighted by molar-refractivity contribution is 5.91. The Labute approximate surface area is 156 Å². The molecule has 3 saturated carbocycles. The maximum absolute atomic E-state index is 11.8. The lowest BCUT2D eigenvalue weighted by Crippen LogP contribution is -2.48. The summed E-state index contributed by atoms with van der Waals surface area (Å²) in [5.41, 5.74) is 1.36. The first-order valence-corrected chi connectivity index (χ1v) is 10.6. The predicted octanol–water partition coefficient (Wildman–Crippen LogP) is 3.83. The summed E-state index contributed by atoms with van der Waals surface area (Å²) in [6, 6.07) is 0. The van der Waals surface area contributed by atoms with Crippen LogP contribution < -0.4 is 0 Å². The fraction of sp³-hybridized carbons (Fsp3) is 0.818. The lowest BCUT2D eigenvalue weighted by molar-refractivity contribution is -0.137. The van der Waals surface area contributed by atoms with Gasteiger partial charge in [-0.2, -0.15) is 0 Å². The first-order valence-electron chi connectivity index (χ1n) is 10.6. The second kappa shape index (κ2) is 7.10. The van der Waals surface area contributed by atoms with E-state index in [-0.39, 0.29) is 18.3 Å². The smallest absolute Gasteiger partial charge is 0.303 e. The van der Waals surface area contributed by atoms with Crippen molar-refractivity contribution >= 4 is 11.8 Å². The minimum Gasteiger partial charge on any atom is -0.481 e. The van der Waals surface area contributed by atoms with Crippen molar-refractivity contribution in [1.82, 2.24) is 0 Å². The number of allylic oxidation sites excluding steroid dienone is 1. The van der Waals surface area contributed by atoms with E-state index in [4.69, 9.17) is 5.11 Å². The normalized spacial score (nSPS) is 43.1. The highest BCUT2D eigenvalue weighted by Gasteiger charge is 2.54. The Kier molecular flexibility index (Phi) is 4.98. The van der Waals surface area contributed by atoms with Crippen LogP contribution in [0.15, 0.2) is 11.6 Å². The van der Waals surface area contributed by atoms with Crippen LogP contribution in [0.2, 0.25) is 0 Å². The number of hydrogen-bond acceptors (Lipinski definition) is 3.